The van der Waals surface area contributed by atoms with E-state index in [1.165, 1.54) is 0 Å². The van der Waals surface area contributed by atoms with Gasteiger partial charge < -0.3 is 29.6 Å². The summed E-state index contributed by atoms with van der Waals surface area (Å²) in [6, 6.07) is 13.3. The van der Waals surface area contributed by atoms with Crippen molar-refractivity contribution >= 4 is 29.9 Å². The number of nitrogens with zero attached hydrogens (tertiary/aromatic N) is 1. The van der Waals surface area contributed by atoms with E-state index in [2.05, 4.69) is 15.6 Å². The van der Waals surface area contributed by atoms with Crippen LogP contribution < -0.4 is 29.6 Å². The highest BCUT2D eigenvalue weighted by atomic mass is 127. The lowest BCUT2D eigenvalue weighted by Crippen LogP contribution is -2.39. The molecular weight excluding hydrogens is 473 g/mol. The smallest absolute Gasteiger partial charge is 0.191 e. The molecule has 0 fully saturated rings. The molecule has 0 bridgehead atoms. The van der Waals surface area contributed by atoms with Gasteiger partial charge in [0.25, 0.3) is 0 Å². The molecule has 0 saturated carbocycles. The molecule has 28 heavy (non-hydrogen) atoms. The third-order valence-electron chi connectivity index (χ3n) is 3.88. The Labute approximate surface area is 183 Å². The fraction of sp³-hybridized carbons (Fsp3) is 0.350. The molecule has 0 atom stereocenters. The SMILES string of the molecule is CN=C(NCCOc1ccccc1)NCc1c(OC)cc(OC)cc1OC.I. The molecule has 0 amide bonds. The van der Waals surface area contributed by atoms with Crippen molar-refractivity contribution in [3.05, 3.63) is 48.0 Å². The van der Waals surface area contributed by atoms with Gasteiger partial charge in [0.1, 0.15) is 29.6 Å². The molecule has 0 unspecified atom stereocenters. The van der Waals surface area contributed by atoms with Crippen molar-refractivity contribution < 1.29 is 18.9 Å². The maximum Gasteiger partial charge on any atom is 0.191 e. The minimum atomic E-state index is 0. The Kier molecular flexibility index (Phi) is 10.9. The van der Waals surface area contributed by atoms with Crippen LogP contribution in [0.3, 0.4) is 0 Å². The molecule has 2 rings (SSSR count). The van der Waals surface area contributed by atoms with Crippen LogP contribution in [0.1, 0.15) is 5.56 Å². The molecule has 0 aliphatic rings. The zero-order valence-corrected chi connectivity index (χ0v) is 19.0. The predicted octanol–water partition coefficient (Wildman–Crippen LogP) is 3.07. The van der Waals surface area contributed by atoms with Crippen molar-refractivity contribution in [2.45, 2.75) is 6.54 Å². The fourth-order valence-electron chi connectivity index (χ4n) is 2.50. The first kappa shape index (κ1) is 23.7. The van der Waals surface area contributed by atoms with E-state index in [9.17, 15) is 0 Å². The lowest BCUT2D eigenvalue weighted by Gasteiger charge is -2.17. The van der Waals surface area contributed by atoms with Gasteiger partial charge in [-0.25, -0.2) is 0 Å². The Balaban J connectivity index is 0.00000392. The fourth-order valence-corrected chi connectivity index (χ4v) is 2.50. The maximum absolute atomic E-state index is 5.66. The van der Waals surface area contributed by atoms with Gasteiger partial charge >= 0.3 is 0 Å². The van der Waals surface area contributed by atoms with E-state index in [1.54, 1.807) is 28.4 Å². The van der Waals surface area contributed by atoms with E-state index in [1.807, 2.05) is 42.5 Å². The second-order valence-electron chi connectivity index (χ2n) is 5.52. The molecule has 2 aromatic rings. The average Bonchev–Trinajstić information content (AvgIpc) is 2.73. The number of hydrogen-bond acceptors (Lipinski definition) is 5. The lowest BCUT2D eigenvalue weighted by molar-refractivity contribution is 0.322. The summed E-state index contributed by atoms with van der Waals surface area (Å²) in [4.78, 5) is 4.22. The van der Waals surface area contributed by atoms with Gasteiger partial charge in [0.05, 0.1) is 40.0 Å². The molecule has 2 aromatic carbocycles. The topological polar surface area (TPSA) is 73.3 Å². The number of guanidine groups is 1. The van der Waals surface area contributed by atoms with Gasteiger partial charge in [-0.15, -0.1) is 24.0 Å². The Morgan fingerprint density at radius 1 is 0.893 bits per heavy atom. The molecule has 0 aromatic heterocycles. The van der Waals surface area contributed by atoms with Crippen molar-refractivity contribution in [3.63, 3.8) is 0 Å². The number of aliphatic imine (C=N–C) groups is 1. The van der Waals surface area contributed by atoms with Crippen LogP contribution in [0.2, 0.25) is 0 Å². The molecular formula is C20H28IN3O4. The average molecular weight is 501 g/mol. The molecule has 0 saturated heterocycles. The van der Waals surface area contributed by atoms with Gasteiger partial charge in [0.2, 0.25) is 0 Å². The first-order valence-electron chi connectivity index (χ1n) is 8.63. The normalized spacial score (nSPS) is 10.5. The summed E-state index contributed by atoms with van der Waals surface area (Å²) in [7, 11) is 6.56. The number of ether oxygens (including phenoxy) is 4. The monoisotopic (exact) mass is 501 g/mol. The zero-order valence-electron chi connectivity index (χ0n) is 16.7. The molecule has 0 spiro atoms. The maximum atomic E-state index is 5.66. The number of rotatable bonds is 9. The third kappa shape index (κ3) is 6.99. The standard InChI is InChI=1S/C20H27N3O4.HI/c1-21-20(22-10-11-27-15-8-6-5-7-9-15)23-14-17-18(25-3)12-16(24-2)13-19(17)26-4;/h5-9,12-13H,10-11,14H2,1-4H3,(H2,21,22,23);1H. The van der Waals surface area contributed by atoms with Gasteiger partial charge in [-0.1, -0.05) is 18.2 Å². The summed E-state index contributed by atoms with van der Waals surface area (Å²) in [5.74, 6) is 3.54. The van der Waals surface area contributed by atoms with Gasteiger partial charge in [-0.05, 0) is 12.1 Å². The van der Waals surface area contributed by atoms with E-state index in [4.69, 9.17) is 18.9 Å². The van der Waals surface area contributed by atoms with Crippen LogP contribution >= 0.6 is 24.0 Å². The number of methoxy groups -OCH3 is 3. The Hall–Kier alpha value is -2.36. The van der Waals surface area contributed by atoms with Gasteiger partial charge in [0.15, 0.2) is 5.96 Å². The molecule has 7 nitrogen and oxygen atoms in total. The number of para-hydroxylation sites is 1. The zero-order chi connectivity index (χ0) is 19.5. The Morgan fingerprint density at radius 2 is 1.54 bits per heavy atom. The minimum Gasteiger partial charge on any atom is -0.496 e. The molecule has 8 heteroatoms. The van der Waals surface area contributed by atoms with Gasteiger partial charge in [-0.3, -0.25) is 4.99 Å². The number of nitrogens with one attached hydrogen (secondary N) is 2. The van der Waals surface area contributed by atoms with E-state index in [-0.39, 0.29) is 24.0 Å². The van der Waals surface area contributed by atoms with Crippen LogP contribution in [0.15, 0.2) is 47.5 Å². The summed E-state index contributed by atoms with van der Waals surface area (Å²) in [6.07, 6.45) is 0. The number of benzene rings is 2. The highest BCUT2D eigenvalue weighted by Gasteiger charge is 2.13. The van der Waals surface area contributed by atoms with Gasteiger partial charge in [0, 0.05) is 19.2 Å². The summed E-state index contributed by atoms with van der Waals surface area (Å²) in [6.45, 7) is 1.63. The van der Waals surface area contributed by atoms with Crippen molar-refractivity contribution in [2.24, 2.45) is 4.99 Å². The molecule has 154 valence electrons. The Morgan fingerprint density at radius 3 is 2.07 bits per heavy atom. The van der Waals surface area contributed by atoms with Crippen LogP contribution in [-0.2, 0) is 6.54 Å². The largest absolute Gasteiger partial charge is 0.496 e. The second-order valence-corrected chi connectivity index (χ2v) is 5.52. The second kappa shape index (κ2) is 12.9. The quantitative estimate of drug-likeness (QED) is 0.238. The molecule has 2 N–H and O–H groups in total. The summed E-state index contributed by atoms with van der Waals surface area (Å²) in [5.41, 5.74) is 0.879. The van der Waals surface area contributed by atoms with E-state index in [0.717, 1.165) is 11.3 Å². The molecule has 0 heterocycles. The molecule has 0 radical (unpaired) electrons. The van der Waals surface area contributed by atoms with Crippen molar-refractivity contribution in [2.75, 3.05) is 41.5 Å². The number of halogens is 1. The Bertz CT molecular complexity index is 716. The molecule has 0 aliphatic carbocycles. The van der Waals surface area contributed by atoms with Crippen LogP contribution in [0, 0.1) is 0 Å². The minimum absolute atomic E-state index is 0. The highest BCUT2D eigenvalue weighted by Crippen LogP contribution is 2.33. The van der Waals surface area contributed by atoms with E-state index >= 15 is 0 Å². The predicted molar refractivity (Wildman–Crippen MR) is 122 cm³/mol. The van der Waals surface area contributed by atoms with Crippen LogP contribution in [-0.4, -0.2) is 47.5 Å². The first-order chi connectivity index (χ1) is 13.2. The summed E-state index contributed by atoms with van der Waals surface area (Å²) in [5, 5.41) is 6.47. The van der Waals surface area contributed by atoms with Crippen molar-refractivity contribution in [1.82, 2.24) is 10.6 Å². The lowest BCUT2D eigenvalue weighted by atomic mass is 10.1. The third-order valence-corrected chi connectivity index (χ3v) is 3.88. The summed E-state index contributed by atoms with van der Waals surface area (Å²) >= 11 is 0. The van der Waals surface area contributed by atoms with Crippen LogP contribution in [0.25, 0.3) is 0 Å². The first-order valence-corrected chi connectivity index (χ1v) is 8.63. The van der Waals surface area contributed by atoms with Gasteiger partial charge in [-0.2, -0.15) is 0 Å². The van der Waals surface area contributed by atoms with Crippen molar-refractivity contribution in [3.8, 4) is 23.0 Å². The van der Waals surface area contributed by atoms with E-state index < -0.39 is 0 Å². The highest BCUT2D eigenvalue weighted by molar-refractivity contribution is 14.0. The molecule has 0 aliphatic heterocycles. The van der Waals surface area contributed by atoms with Crippen LogP contribution in [0.4, 0.5) is 0 Å². The number of hydrogen-bond donors (Lipinski definition) is 2. The van der Waals surface area contributed by atoms with E-state index in [0.29, 0.717) is 42.9 Å². The summed E-state index contributed by atoms with van der Waals surface area (Å²) < 4.78 is 21.9. The van der Waals surface area contributed by atoms with Crippen LogP contribution in [0.5, 0.6) is 23.0 Å². The van der Waals surface area contributed by atoms with Crippen molar-refractivity contribution in [1.29, 1.82) is 0 Å².